The van der Waals surface area contributed by atoms with Crippen LogP contribution in [0.5, 0.6) is 11.5 Å². The van der Waals surface area contributed by atoms with Crippen molar-refractivity contribution in [3.63, 3.8) is 0 Å². The summed E-state index contributed by atoms with van der Waals surface area (Å²) in [6, 6.07) is 20.4. The van der Waals surface area contributed by atoms with Gasteiger partial charge in [0.05, 0.1) is 7.11 Å². The second-order valence-corrected chi connectivity index (χ2v) is 7.53. The third kappa shape index (κ3) is 5.80. The predicted molar refractivity (Wildman–Crippen MR) is 126 cm³/mol. The second kappa shape index (κ2) is 10.7. The highest BCUT2D eigenvalue weighted by Gasteiger charge is 2.13. The van der Waals surface area contributed by atoms with E-state index in [-0.39, 0.29) is 0 Å². The van der Waals surface area contributed by atoms with Crippen LogP contribution in [0.25, 0.3) is 0 Å². The predicted octanol–water partition coefficient (Wildman–Crippen LogP) is 6.83. The van der Waals surface area contributed by atoms with Crippen LogP contribution >= 0.6 is 11.6 Å². The van der Waals surface area contributed by atoms with Gasteiger partial charge in [0.15, 0.2) is 11.5 Å². The van der Waals surface area contributed by atoms with Gasteiger partial charge in [-0.15, -0.1) is 6.58 Å². The maximum Gasteiger partial charge on any atom is 0.165 e. The van der Waals surface area contributed by atoms with E-state index in [1.807, 2.05) is 36.4 Å². The molecule has 30 heavy (non-hydrogen) atoms. The normalized spacial score (nSPS) is 10.5. The van der Waals surface area contributed by atoms with Gasteiger partial charge in [0.2, 0.25) is 0 Å². The first-order valence-electron chi connectivity index (χ1n) is 10.1. The van der Waals surface area contributed by atoms with E-state index in [1.165, 1.54) is 5.56 Å². The fourth-order valence-corrected chi connectivity index (χ4v) is 3.37. The van der Waals surface area contributed by atoms with Crippen molar-refractivity contribution in [3.8, 4) is 11.5 Å². The number of aryl methyl sites for hydroxylation is 1. The van der Waals surface area contributed by atoms with Crippen LogP contribution in [0.15, 0.2) is 73.3 Å². The van der Waals surface area contributed by atoms with Gasteiger partial charge < -0.3 is 14.8 Å². The highest BCUT2D eigenvalue weighted by Crippen LogP contribution is 2.34. The van der Waals surface area contributed by atoms with Crippen molar-refractivity contribution in [1.29, 1.82) is 0 Å². The fraction of sp³-hybridized carbons (Fsp3) is 0.231. The zero-order chi connectivity index (χ0) is 21.3. The molecule has 3 rings (SSSR count). The molecule has 0 aliphatic heterocycles. The Labute approximate surface area is 184 Å². The van der Waals surface area contributed by atoms with E-state index in [0.717, 1.165) is 40.3 Å². The molecule has 0 amide bonds. The average Bonchev–Trinajstić information content (AvgIpc) is 2.78. The highest BCUT2D eigenvalue weighted by atomic mass is 35.5. The van der Waals surface area contributed by atoms with Crippen molar-refractivity contribution in [2.45, 2.75) is 32.9 Å². The molecule has 0 saturated carbocycles. The number of halogens is 1. The molecule has 0 aliphatic carbocycles. The largest absolute Gasteiger partial charge is 0.493 e. The van der Waals surface area contributed by atoms with Crippen LogP contribution in [0.1, 0.15) is 29.2 Å². The summed E-state index contributed by atoms with van der Waals surface area (Å²) in [5, 5.41) is 4.19. The third-order valence-electron chi connectivity index (χ3n) is 4.93. The standard InChI is InChI=1S/C26H28ClNO2/c1-4-6-22-15-21(17-28-24-13-9-19(5-2)10-14-24)16-25(29-3)26(22)30-18-20-7-11-23(27)12-8-20/h4,7-16,28H,1,5-6,17-18H2,2-3H3. The van der Waals surface area contributed by atoms with E-state index in [4.69, 9.17) is 21.1 Å². The van der Waals surface area contributed by atoms with Gasteiger partial charge in [-0.2, -0.15) is 0 Å². The maximum atomic E-state index is 6.14. The number of allylic oxidation sites excluding steroid dienone is 1. The van der Waals surface area contributed by atoms with Crippen molar-refractivity contribution in [3.05, 3.63) is 101 Å². The van der Waals surface area contributed by atoms with E-state index in [2.05, 4.69) is 49.2 Å². The van der Waals surface area contributed by atoms with Crippen LogP contribution in [0.3, 0.4) is 0 Å². The molecule has 3 aromatic rings. The summed E-state index contributed by atoms with van der Waals surface area (Å²) in [7, 11) is 1.67. The Morgan fingerprint density at radius 2 is 1.67 bits per heavy atom. The molecular weight excluding hydrogens is 394 g/mol. The lowest BCUT2D eigenvalue weighted by molar-refractivity contribution is 0.281. The van der Waals surface area contributed by atoms with Gasteiger partial charge >= 0.3 is 0 Å². The molecule has 156 valence electrons. The summed E-state index contributed by atoms with van der Waals surface area (Å²) in [4.78, 5) is 0. The van der Waals surface area contributed by atoms with Crippen molar-refractivity contribution in [2.75, 3.05) is 12.4 Å². The van der Waals surface area contributed by atoms with Gasteiger partial charge in [-0.3, -0.25) is 0 Å². The minimum atomic E-state index is 0.443. The van der Waals surface area contributed by atoms with E-state index in [0.29, 0.717) is 24.6 Å². The Balaban J connectivity index is 1.77. The summed E-state index contributed by atoms with van der Waals surface area (Å²) in [5.41, 5.74) is 5.66. The van der Waals surface area contributed by atoms with Crippen LogP contribution in [-0.2, 0) is 26.0 Å². The van der Waals surface area contributed by atoms with Crippen molar-refractivity contribution in [1.82, 2.24) is 0 Å². The zero-order valence-corrected chi connectivity index (χ0v) is 18.3. The molecule has 3 nitrogen and oxygen atoms in total. The number of hydrogen-bond donors (Lipinski definition) is 1. The van der Waals surface area contributed by atoms with Crippen LogP contribution in [0, 0.1) is 0 Å². The van der Waals surface area contributed by atoms with Crippen LogP contribution < -0.4 is 14.8 Å². The Morgan fingerprint density at radius 3 is 2.30 bits per heavy atom. The monoisotopic (exact) mass is 421 g/mol. The minimum Gasteiger partial charge on any atom is -0.493 e. The molecule has 4 heteroatoms. The van der Waals surface area contributed by atoms with Crippen LogP contribution in [0.4, 0.5) is 5.69 Å². The molecule has 0 heterocycles. The number of nitrogens with one attached hydrogen (secondary N) is 1. The first-order valence-corrected chi connectivity index (χ1v) is 10.5. The SMILES string of the molecule is C=CCc1cc(CNc2ccc(CC)cc2)cc(OC)c1OCc1ccc(Cl)cc1. The van der Waals surface area contributed by atoms with Gasteiger partial charge in [-0.1, -0.05) is 48.9 Å². The number of ether oxygens (including phenoxy) is 2. The molecule has 3 aromatic carbocycles. The van der Waals surface area contributed by atoms with E-state index < -0.39 is 0 Å². The van der Waals surface area contributed by atoms with Crippen LogP contribution in [-0.4, -0.2) is 7.11 Å². The van der Waals surface area contributed by atoms with Gasteiger partial charge in [-0.25, -0.2) is 0 Å². The van der Waals surface area contributed by atoms with E-state index in [9.17, 15) is 0 Å². The van der Waals surface area contributed by atoms with Crippen molar-refractivity contribution in [2.24, 2.45) is 0 Å². The number of hydrogen-bond acceptors (Lipinski definition) is 3. The van der Waals surface area contributed by atoms with Gasteiger partial charge in [0.25, 0.3) is 0 Å². The number of benzene rings is 3. The first-order chi connectivity index (χ1) is 14.6. The third-order valence-corrected chi connectivity index (χ3v) is 5.18. The van der Waals surface area contributed by atoms with Crippen molar-refractivity contribution >= 4 is 17.3 Å². The average molecular weight is 422 g/mol. The molecule has 0 spiro atoms. The molecule has 0 saturated heterocycles. The summed E-state index contributed by atoms with van der Waals surface area (Å²) in [5.74, 6) is 1.48. The molecule has 0 bridgehead atoms. The Morgan fingerprint density at radius 1 is 0.967 bits per heavy atom. The van der Waals surface area contributed by atoms with Crippen LogP contribution in [0.2, 0.25) is 5.02 Å². The minimum absolute atomic E-state index is 0.443. The van der Waals surface area contributed by atoms with E-state index in [1.54, 1.807) is 7.11 Å². The maximum absolute atomic E-state index is 6.14. The molecule has 0 aromatic heterocycles. The Kier molecular flexibility index (Phi) is 7.81. The number of rotatable bonds is 10. The Hall–Kier alpha value is -2.91. The highest BCUT2D eigenvalue weighted by molar-refractivity contribution is 6.30. The number of methoxy groups -OCH3 is 1. The molecular formula is C26H28ClNO2. The van der Waals surface area contributed by atoms with E-state index >= 15 is 0 Å². The zero-order valence-electron chi connectivity index (χ0n) is 17.6. The smallest absolute Gasteiger partial charge is 0.165 e. The lowest BCUT2D eigenvalue weighted by Crippen LogP contribution is -2.05. The fourth-order valence-electron chi connectivity index (χ4n) is 3.25. The second-order valence-electron chi connectivity index (χ2n) is 7.10. The van der Waals surface area contributed by atoms with Gasteiger partial charge in [0.1, 0.15) is 6.61 Å². The molecule has 1 N–H and O–H groups in total. The van der Waals surface area contributed by atoms with Gasteiger partial charge in [-0.05, 0) is 65.9 Å². The lowest BCUT2D eigenvalue weighted by Gasteiger charge is -2.17. The first kappa shape index (κ1) is 21.8. The summed E-state index contributed by atoms with van der Waals surface area (Å²) in [6.07, 6.45) is 3.62. The summed E-state index contributed by atoms with van der Waals surface area (Å²) in [6.45, 7) is 7.19. The van der Waals surface area contributed by atoms with Crippen molar-refractivity contribution < 1.29 is 9.47 Å². The summed E-state index contributed by atoms with van der Waals surface area (Å²) >= 11 is 5.97. The molecule has 0 atom stereocenters. The topological polar surface area (TPSA) is 30.5 Å². The molecule has 0 radical (unpaired) electrons. The molecule has 0 aliphatic rings. The molecule has 0 unspecified atom stereocenters. The summed E-state index contributed by atoms with van der Waals surface area (Å²) < 4.78 is 11.8. The van der Waals surface area contributed by atoms with Gasteiger partial charge in [0, 0.05) is 22.8 Å². The quantitative estimate of drug-likeness (QED) is 0.364. The Bertz CT molecular complexity index is 966. The molecule has 0 fully saturated rings. The lowest BCUT2D eigenvalue weighted by atomic mass is 10.0. The number of anilines is 1.